The number of carbonyl (C=O) groups excluding carboxylic acids is 1. The van der Waals surface area contributed by atoms with Gasteiger partial charge in [0.2, 0.25) is 0 Å². The monoisotopic (exact) mass is 697 g/mol. The quantitative estimate of drug-likeness (QED) is 0.153. The molecule has 0 unspecified atom stereocenters. The molecule has 0 bridgehead atoms. The third-order valence-corrected chi connectivity index (χ3v) is 9.42. The molecule has 0 fully saturated rings. The number of hydrogen-bond donors (Lipinski definition) is 1. The van der Waals surface area contributed by atoms with Crippen LogP contribution in [0.1, 0.15) is 37.6 Å². The number of para-hydroxylation sites is 1. The van der Waals surface area contributed by atoms with Gasteiger partial charge in [-0.2, -0.15) is 5.10 Å². The molecular weight excluding hydrogens is 662 g/mol. The first kappa shape index (κ1) is 33.6. The lowest BCUT2D eigenvalue weighted by molar-refractivity contribution is 0.253. The van der Waals surface area contributed by atoms with Gasteiger partial charge in [-0.25, -0.2) is 13.9 Å². The molecule has 0 spiro atoms. The molecule has 2 amide bonds. The summed E-state index contributed by atoms with van der Waals surface area (Å²) in [6, 6.07) is 36.9. The maximum atomic E-state index is 14.3. The number of amides is 2. The molecule has 2 N–H and O–H groups in total. The molecule has 9 nitrogen and oxygen atoms in total. The van der Waals surface area contributed by atoms with Crippen molar-refractivity contribution in [2.24, 2.45) is 5.73 Å². The molecule has 0 aliphatic carbocycles. The fraction of sp³-hybridized carbons (Fsp3) is 0.150. The first-order chi connectivity index (χ1) is 24.6. The number of fused-ring (bicyclic) bond motifs is 1. The van der Waals surface area contributed by atoms with Crippen LogP contribution in [0.5, 0.6) is 5.75 Å². The molecule has 0 aliphatic rings. The molecule has 4 aromatic carbocycles. The summed E-state index contributed by atoms with van der Waals surface area (Å²) >= 11 is 1.55. The minimum absolute atomic E-state index is 0.162. The third kappa shape index (κ3) is 7.34. The molecule has 256 valence electrons. The summed E-state index contributed by atoms with van der Waals surface area (Å²) in [6.45, 7) is 6.68. The van der Waals surface area contributed by atoms with Crippen molar-refractivity contribution in [2.75, 3.05) is 4.90 Å². The Hall–Kier alpha value is -5.94. The number of primary amides is 1. The number of rotatable bonds is 10. The Balaban J connectivity index is 1.20. The highest BCUT2D eigenvalue weighted by molar-refractivity contribution is 7.99. The van der Waals surface area contributed by atoms with Gasteiger partial charge in [-0.05, 0) is 59.7 Å². The van der Waals surface area contributed by atoms with Crippen molar-refractivity contribution in [3.8, 4) is 22.8 Å². The molecule has 3 aromatic heterocycles. The maximum Gasteiger partial charge on any atom is 0.320 e. The molecule has 0 saturated heterocycles. The summed E-state index contributed by atoms with van der Waals surface area (Å²) in [7, 11) is 0. The second-order valence-corrected chi connectivity index (χ2v) is 14.2. The standard InChI is InChI=1S/C40H36FN7O2S/c1-40(2,3)35-23-37(48(45-35)30-16-11-15-29(41)22-30)47(39(42)49)24-28-14-7-10-19-34(28)51-31-20-21-36-43-44-38(46(36)25-31)32-17-8-9-18-33(32)50-26-27-12-5-4-6-13-27/h4-23,25H,24,26H2,1-3H3,(H2,42,49). The Morgan fingerprint density at radius 1 is 0.882 bits per heavy atom. The van der Waals surface area contributed by atoms with Crippen LogP contribution in [0.2, 0.25) is 0 Å². The lowest BCUT2D eigenvalue weighted by atomic mass is 9.92. The highest BCUT2D eigenvalue weighted by Crippen LogP contribution is 2.36. The zero-order chi connectivity index (χ0) is 35.5. The number of carbonyl (C=O) groups is 1. The molecule has 0 aliphatic heterocycles. The van der Waals surface area contributed by atoms with Crippen LogP contribution < -0.4 is 15.4 Å². The number of halogens is 1. The average Bonchev–Trinajstić information content (AvgIpc) is 3.76. The van der Waals surface area contributed by atoms with E-state index in [9.17, 15) is 9.18 Å². The number of ether oxygens (including phenoxy) is 1. The minimum Gasteiger partial charge on any atom is -0.488 e. The van der Waals surface area contributed by atoms with Crippen molar-refractivity contribution in [1.29, 1.82) is 0 Å². The van der Waals surface area contributed by atoms with Crippen LogP contribution >= 0.6 is 11.8 Å². The van der Waals surface area contributed by atoms with Gasteiger partial charge < -0.3 is 10.5 Å². The van der Waals surface area contributed by atoms with E-state index in [1.165, 1.54) is 17.0 Å². The lowest BCUT2D eigenvalue weighted by Gasteiger charge is -2.22. The van der Waals surface area contributed by atoms with Crippen LogP contribution in [0, 0.1) is 5.82 Å². The number of benzene rings is 4. The van der Waals surface area contributed by atoms with Gasteiger partial charge in [0, 0.05) is 27.5 Å². The van der Waals surface area contributed by atoms with E-state index >= 15 is 0 Å². The Morgan fingerprint density at radius 2 is 1.65 bits per heavy atom. The van der Waals surface area contributed by atoms with Gasteiger partial charge in [-0.3, -0.25) is 9.30 Å². The number of nitrogens with two attached hydrogens (primary N) is 1. The van der Waals surface area contributed by atoms with Gasteiger partial charge in [0.25, 0.3) is 0 Å². The van der Waals surface area contributed by atoms with Crippen molar-refractivity contribution in [1.82, 2.24) is 24.4 Å². The van der Waals surface area contributed by atoms with Gasteiger partial charge >= 0.3 is 6.03 Å². The highest BCUT2D eigenvalue weighted by Gasteiger charge is 2.26. The van der Waals surface area contributed by atoms with E-state index in [4.69, 9.17) is 15.6 Å². The van der Waals surface area contributed by atoms with E-state index in [1.54, 1.807) is 28.6 Å². The number of aromatic nitrogens is 5. The highest BCUT2D eigenvalue weighted by atomic mass is 32.2. The van der Waals surface area contributed by atoms with E-state index in [1.807, 2.05) is 128 Å². The zero-order valence-electron chi connectivity index (χ0n) is 28.4. The number of nitrogens with zero attached hydrogens (tertiary/aromatic N) is 6. The number of pyridine rings is 1. The number of hydrogen-bond acceptors (Lipinski definition) is 6. The molecule has 7 aromatic rings. The van der Waals surface area contributed by atoms with Gasteiger partial charge in [-0.1, -0.05) is 99.3 Å². The molecule has 51 heavy (non-hydrogen) atoms. The summed E-state index contributed by atoms with van der Waals surface area (Å²) in [5.74, 6) is 1.40. The topological polar surface area (TPSA) is 104 Å². The van der Waals surface area contributed by atoms with Crippen LogP contribution in [0.25, 0.3) is 22.7 Å². The van der Waals surface area contributed by atoms with Crippen molar-refractivity contribution in [3.63, 3.8) is 0 Å². The van der Waals surface area contributed by atoms with E-state index in [-0.39, 0.29) is 12.0 Å². The van der Waals surface area contributed by atoms with Crippen LogP contribution in [0.15, 0.2) is 137 Å². The second-order valence-electron chi connectivity index (χ2n) is 13.1. The van der Waals surface area contributed by atoms with E-state index < -0.39 is 11.8 Å². The predicted octanol–water partition coefficient (Wildman–Crippen LogP) is 8.83. The molecule has 0 radical (unpaired) electrons. The van der Waals surface area contributed by atoms with Gasteiger partial charge in [0.15, 0.2) is 11.5 Å². The minimum atomic E-state index is -0.656. The van der Waals surface area contributed by atoms with Crippen molar-refractivity contribution >= 4 is 29.3 Å². The molecule has 0 saturated carbocycles. The fourth-order valence-electron chi connectivity index (χ4n) is 5.66. The summed E-state index contributed by atoms with van der Waals surface area (Å²) in [5, 5.41) is 13.7. The first-order valence-electron chi connectivity index (χ1n) is 16.4. The Bertz CT molecular complexity index is 2330. The lowest BCUT2D eigenvalue weighted by Crippen LogP contribution is -2.36. The smallest absolute Gasteiger partial charge is 0.320 e. The van der Waals surface area contributed by atoms with Crippen LogP contribution in [-0.4, -0.2) is 30.4 Å². The van der Waals surface area contributed by atoms with Gasteiger partial charge in [-0.15, -0.1) is 10.2 Å². The molecular formula is C40H36FN7O2S. The fourth-order valence-corrected chi connectivity index (χ4v) is 6.62. The summed E-state index contributed by atoms with van der Waals surface area (Å²) in [5.41, 5.74) is 10.4. The van der Waals surface area contributed by atoms with Crippen LogP contribution in [0.4, 0.5) is 15.0 Å². The Morgan fingerprint density at radius 3 is 2.43 bits per heavy atom. The van der Waals surface area contributed by atoms with E-state index in [0.29, 0.717) is 35.3 Å². The summed E-state index contributed by atoms with van der Waals surface area (Å²) in [4.78, 5) is 16.5. The van der Waals surface area contributed by atoms with Crippen molar-refractivity contribution in [3.05, 3.63) is 150 Å². The molecule has 11 heteroatoms. The maximum absolute atomic E-state index is 14.3. The number of anilines is 1. The predicted molar refractivity (Wildman–Crippen MR) is 198 cm³/mol. The second kappa shape index (κ2) is 14.1. The zero-order valence-corrected chi connectivity index (χ0v) is 29.2. The van der Waals surface area contributed by atoms with E-state index in [0.717, 1.165) is 32.2 Å². The first-order valence-corrected chi connectivity index (χ1v) is 17.3. The molecule has 3 heterocycles. The largest absolute Gasteiger partial charge is 0.488 e. The third-order valence-electron chi connectivity index (χ3n) is 8.32. The summed E-state index contributed by atoms with van der Waals surface area (Å²) < 4.78 is 24.1. The molecule has 0 atom stereocenters. The van der Waals surface area contributed by atoms with Crippen molar-refractivity contribution in [2.45, 2.75) is 49.1 Å². The Labute approximate surface area is 299 Å². The average molecular weight is 698 g/mol. The molecule has 7 rings (SSSR count). The summed E-state index contributed by atoms with van der Waals surface area (Å²) in [6.07, 6.45) is 2.00. The Kier molecular flexibility index (Phi) is 9.29. The normalized spacial score (nSPS) is 11.5. The van der Waals surface area contributed by atoms with Gasteiger partial charge in [0.1, 0.15) is 24.0 Å². The van der Waals surface area contributed by atoms with Crippen LogP contribution in [-0.2, 0) is 18.6 Å². The van der Waals surface area contributed by atoms with E-state index in [2.05, 4.69) is 10.2 Å². The SMILES string of the molecule is CC(C)(C)c1cc(N(Cc2ccccc2Sc2ccc3nnc(-c4ccccc4OCc4ccccc4)n3c2)C(N)=O)n(-c2cccc(F)c2)n1. The van der Waals surface area contributed by atoms with Gasteiger partial charge in [0.05, 0.1) is 23.5 Å². The van der Waals surface area contributed by atoms with Crippen molar-refractivity contribution < 1.29 is 13.9 Å². The number of urea groups is 1. The van der Waals surface area contributed by atoms with Crippen LogP contribution in [0.3, 0.4) is 0 Å².